The maximum atomic E-state index is 13.9. The molecule has 1 N–H and O–H groups in total. The Hall–Kier alpha value is -0.410. The Labute approximate surface area is 181 Å². The fraction of sp³-hybridized carbons (Fsp3) is 0.632. The number of aliphatic imine (C=N–C) groups is 1. The first-order valence-corrected chi connectivity index (χ1v) is 9.96. The van der Waals surface area contributed by atoms with E-state index in [-0.39, 0.29) is 29.8 Å². The smallest absolute Gasteiger partial charge is 0.193 e. The molecule has 0 radical (unpaired) electrons. The molecule has 2 heterocycles. The van der Waals surface area contributed by atoms with Crippen molar-refractivity contribution < 1.29 is 9.13 Å². The van der Waals surface area contributed by atoms with Crippen LogP contribution in [0.1, 0.15) is 31.7 Å². The highest BCUT2D eigenvalue weighted by atomic mass is 127. The van der Waals surface area contributed by atoms with Crippen LogP contribution in [0.15, 0.2) is 27.7 Å². The Morgan fingerprint density at radius 1 is 1.42 bits per heavy atom. The first-order chi connectivity index (χ1) is 12.1. The summed E-state index contributed by atoms with van der Waals surface area (Å²) in [6.45, 7) is 7.50. The molecular formula is C19H28BrFIN3O. The van der Waals surface area contributed by atoms with E-state index in [1.165, 1.54) is 12.5 Å². The molecule has 2 aliphatic rings. The van der Waals surface area contributed by atoms with E-state index in [9.17, 15) is 4.39 Å². The zero-order chi connectivity index (χ0) is 17.7. The van der Waals surface area contributed by atoms with Gasteiger partial charge in [-0.15, -0.1) is 24.0 Å². The topological polar surface area (TPSA) is 36.9 Å². The number of ether oxygens (including phenoxy) is 1. The van der Waals surface area contributed by atoms with Gasteiger partial charge >= 0.3 is 0 Å². The molecule has 1 unspecified atom stereocenters. The molecule has 26 heavy (non-hydrogen) atoms. The van der Waals surface area contributed by atoms with Crippen LogP contribution in [0.25, 0.3) is 0 Å². The van der Waals surface area contributed by atoms with Crippen LogP contribution >= 0.6 is 39.9 Å². The van der Waals surface area contributed by atoms with Gasteiger partial charge in [0.25, 0.3) is 0 Å². The highest BCUT2D eigenvalue weighted by Crippen LogP contribution is 2.38. The minimum Gasteiger partial charge on any atom is -0.381 e. The number of hydrogen-bond donors (Lipinski definition) is 1. The second kappa shape index (κ2) is 10.2. The molecule has 146 valence electrons. The van der Waals surface area contributed by atoms with Crippen LogP contribution in [-0.2, 0) is 11.2 Å². The van der Waals surface area contributed by atoms with Crippen LogP contribution < -0.4 is 5.32 Å². The second-order valence-corrected chi connectivity index (χ2v) is 7.96. The third-order valence-corrected chi connectivity index (χ3v) is 5.63. The number of nitrogens with one attached hydrogen (secondary N) is 1. The van der Waals surface area contributed by atoms with Gasteiger partial charge in [0.1, 0.15) is 5.82 Å². The van der Waals surface area contributed by atoms with Gasteiger partial charge in [-0.2, -0.15) is 0 Å². The van der Waals surface area contributed by atoms with Crippen molar-refractivity contribution in [1.29, 1.82) is 0 Å². The Morgan fingerprint density at radius 2 is 2.27 bits per heavy atom. The molecule has 7 heteroatoms. The lowest BCUT2D eigenvalue weighted by Gasteiger charge is -2.25. The predicted molar refractivity (Wildman–Crippen MR) is 118 cm³/mol. The van der Waals surface area contributed by atoms with Gasteiger partial charge in [-0.05, 0) is 50.3 Å². The van der Waals surface area contributed by atoms with E-state index in [4.69, 9.17) is 9.73 Å². The highest BCUT2D eigenvalue weighted by molar-refractivity contribution is 14.0. The minimum absolute atomic E-state index is 0. The van der Waals surface area contributed by atoms with Gasteiger partial charge in [0.2, 0.25) is 0 Å². The van der Waals surface area contributed by atoms with Crippen molar-refractivity contribution >= 4 is 45.9 Å². The molecule has 1 aromatic carbocycles. The number of halogens is 3. The van der Waals surface area contributed by atoms with Crippen LogP contribution in [0, 0.1) is 11.2 Å². The van der Waals surface area contributed by atoms with Crippen molar-refractivity contribution in [2.75, 3.05) is 39.4 Å². The zero-order valence-electron chi connectivity index (χ0n) is 15.3. The number of likely N-dealkylation sites (tertiary alicyclic amines) is 1. The van der Waals surface area contributed by atoms with Crippen molar-refractivity contribution in [2.45, 2.75) is 32.6 Å². The maximum absolute atomic E-state index is 13.9. The van der Waals surface area contributed by atoms with E-state index < -0.39 is 0 Å². The number of rotatable bonds is 5. The largest absolute Gasteiger partial charge is 0.381 e. The number of aryl methyl sites for hydroxylation is 1. The standard InChI is InChI=1S/C19H27BrFN3O.HI/c1-2-22-18(24-10-7-19(13-24)8-11-25-14-19)23-9-3-4-15-5-6-16(20)12-17(15)21;/h5-6,12H,2-4,7-11,13-14H2,1H3,(H,22,23);1H. The molecule has 2 fully saturated rings. The van der Waals surface area contributed by atoms with E-state index in [1.807, 2.05) is 12.1 Å². The van der Waals surface area contributed by atoms with Crippen LogP contribution in [0.2, 0.25) is 0 Å². The van der Waals surface area contributed by atoms with Crippen LogP contribution in [0.4, 0.5) is 4.39 Å². The monoisotopic (exact) mass is 539 g/mol. The molecular weight excluding hydrogens is 512 g/mol. The number of hydrogen-bond acceptors (Lipinski definition) is 2. The Bertz CT molecular complexity index is 623. The quantitative estimate of drug-likeness (QED) is 0.263. The summed E-state index contributed by atoms with van der Waals surface area (Å²) in [7, 11) is 0. The fourth-order valence-corrected chi connectivity index (χ4v) is 4.03. The lowest BCUT2D eigenvalue weighted by Crippen LogP contribution is -2.41. The lowest BCUT2D eigenvalue weighted by molar-refractivity contribution is 0.156. The van der Waals surface area contributed by atoms with Gasteiger partial charge in [0, 0.05) is 42.7 Å². The Kier molecular flexibility index (Phi) is 8.60. The number of guanidine groups is 1. The summed E-state index contributed by atoms with van der Waals surface area (Å²) in [5.74, 6) is 0.843. The van der Waals surface area contributed by atoms with Crippen molar-refractivity contribution in [2.24, 2.45) is 10.4 Å². The molecule has 0 saturated carbocycles. The SMILES string of the molecule is CCNC(=NCCCc1ccc(Br)cc1F)N1CCC2(CCOC2)C1.I. The number of nitrogens with zero attached hydrogens (tertiary/aromatic N) is 2. The summed E-state index contributed by atoms with van der Waals surface area (Å²) in [6, 6.07) is 5.26. The molecule has 4 nitrogen and oxygen atoms in total. The summed E-state index contributed by atoms with van der Waals surface area (Å²) in [5, 5.41) is 3.40. The third-order valence-electron chi connectivity index (χ3n) is 5.14. The molecule has 0 amide bonds. The maximum Gasteiger partial charge on any atom is 0.193 e. The normalized spacial score (nSPS) is 22.7. The molecule has 0 aliphatic carbocycles. The molecule has 0 aromatic heterocycles. The molecule has 0 bridgehead atoms. The number of benzene rings is 1. The summed E-state index contributed by atoms with van der Waals surface area (Å²) in [6.07, 6.45) is 3.89. The highest BCUT2D eigenvalue weighted by Gasteiger charge is 2.42. The van der Waals surface area contributed by atoms with Crippen LogP contribution in [0.5, 0.6) is 0 Å². The van der Waals surface area contributed by atoms with E-state index in [1.54, 1.807) is 0 Å². The molecule has 3 rings (SSSR count). The molecule has 2 saturated heterocycles. The van der Waals surface area contributed by atoms with Gasteiger partial charge in [0.05, 0.1) is 6.61 Å². The van der Waals surface area contributed by atoms with Crippen molar-refractivity contribution in [3.63, 3.8) is 0 Å². The molecule has 2 aliphatic heterocycles. The molecule has 1 aromatic rings. The third kappa shape index (κ3) is 5.55. The summed E-state index contributed by atoms with van der Waals surface area (Å²) >= 11 is 3.29. The van der Waals surface area contributed by atoms with E-state index in [0.717, 1.165) is 61.7 Å². The molecule has 1 atom stereocenters. The average molecular weight is 540 g/mol. The summed E-state index contributed by atoms with van der Waals surface area (Å²) in [4.78, 5) is 7.13. The van der Waals surface area contributed by atoms with Gasteiger partial charge in [-0.3, -0.25) is 4.99 Å². The van der Waals surface area contributed by atoms with E-state index >= 15 is 0 Å². The van der Waals surface area contributed by atoms with Crippen LogP contribution in [0.3, 0.4) is 0 Å². The van der Waals surface area contributed by atoms with Gasteiger partial charge < -0.3 is 15.0 Å². The van der Waals surface area contributed by atoms with Gasteiger partial charge in [-0.25, -0.2) is 4.39 Å². The van der Waals surface area contributed by atoms with Crippen molar-refractivity contribution in [1.82, 2.24) is 10.2 Å². The molecule has 1 spiro atoms. The minimum atomic E-state index is -0.145. The average Bonchev–Trinajstić information content (AvgIpc) is 3.22. The van der Waals surface area contributed by atoms with Crippen LogP contribution in [-0.4, -0.2) is 50.3 Å². The summed E-state index contributed by atoms with van der Waals surface area (Å²) < 4.78 is 20.3. The Balaban J connectivity index is 0.00000243. The fourth-order valence-electron chi connectivity index (χ4n) is 3.69. The first-order valence-electron chi connectivity index (χ1n) is 9.17. The van der Waals surface area contributed by atoms with E-state index in [0.29, 0.717) is 18.4 Å². The second-order valence-electron chi connectivity index (χ2n) is 7.05. The van der Waals surface area contributed by atoms with Gasteiger partial charge in [-0.1, -0.05) is 22.0 Å². The van der Waals surface area contributed by atoms with Crippen molar-refractivity contribution in [3.05, 3.63) is 34.1 Å². The predicted octanol–water partition coefficient (Wildman–Crippen LogP) is 4.22. The Morgan fingerprint density at radius 3 is 2.96 bits per heavy atom. The first kappa shape index (κ1) is 21.9. The van der Waals surface area contributed by atoms with Gasteiger partial charge in [0.15, 0.2) is 5.96 Å². The zero-order valence-corrected chi connectivity index (χ0v) is 19.2. The van der Waals surface area contributed by atoms with E-state index in [2.05, 4.69) is 33.1 Å². The summed E-state index contributed by atoms with van der Waals surface area (Å²) in [5.41, 5.74) is 1.09. The lowest BCUT2D eigenvalue weighted by atomic mass is 9.87. The van der Waals surface area contributed by atoms with Crippen molar-refractivity contribution in [3.8, 4) is 0 Å².